The van der Waals surface area contributed by atoms with Gasteiger partial charge in [-0.05, 0) is 30.5 Å². The summed E-state index contributed by atoms with van der Waals surface area (Å²) >= 11 is 2.85. The predicted octanol–water partition coefficient (Wildman–Crippen LogP) is 2.66. The molecule has 2 aromatic heterocycles. The zero-order valence-corrected chi connectivity index (χ0v) is 16.7. The summed E-state index contributed by atoms with van der Waals surface area (Å²) in [4.78, 5) is 40.6. The Morgan fingerprint density at radius 1 is 1.00 bits per heavy atom. The minimum atomic E-state index is -0.438. The van der Waals surface area contributed by atoms with Crippen LogP contribution < -0.4 is 16.0 Å². The molecule has 0 saturated heterocycles. The number of thiophene rings is 1. The summed E-state index contributed by atoms with van der Waals surface area (Å²) in [7, 11) is 0. The normalized spacial score (nSPS) is 10.3. The van der Waals surface area contributed by atoms with E-state index >= 15 is 0 Å². The first-order valence-electron chi connectivity index (χ1n) is 8.42. The average Bonchev–Trinajstić information content (AvgIpc) is 3.36. The number of nitrogens with zero attached hydrogens (tertiary/aromatic N) is 1. The van der Waals surface area contributed by atoms with Crippen molar-refractivity contribution >= 4 is 46.1 Å². The van der Waals surface area contributed by atoms with Crippen LogP contribution in [0.1, 0.15) is 14.7 Å². The Bertz CT molecular complexity index is 983. The topological polar surface area (TPSA) is 100 Å². The first kappa shape index (κ1) is 19.7. The van der Waals surface area contributed by atoms with Crippen molar-refractivity contribution in [3.8, 4) is 11.3 Å². The second kappa shape index (κ2) is 9.25. The van der Waals surface area contributed by atoms with E-state index in [0.717, 1.165) is 16.3 Å². The van der Waals surface area contributed by atoms with E-state index in [9.17, 15) is 14.4 Å². The van der Waals surface area contributed by atoms with Crippen molar-refractivity contribution in [2.75, 3.05) is 18.4 Å². The van der Waals surface area contributed by atoms with Gasteiger partial charge in [-0.3, -0.25) is 14.4 Å². The van der Waals surface area contributed by atoms with E-state index < -0.39 is 5.91 Å². The molecule has 0 atom stereocenters. The SMILES string of the molecule is Cc1nc(-c2cccc(NC(=O)CNC(=O)CNC(=O)c3cccs3)c2)cs1. The molecule has 1 aromatic carbocycles. The average molecular weight is 415 g/mol. The third-order valence-electron chi connectivity index (χ3n) is 3.66. The van der Waals surface area contributed by atoms with Crippen molar-refractivity contribution in [3.63, 3.8) is 0 Å². The quantitative estimate of drug-likeness (QED) is 0.553. The van der Waals surface area contributed by atoms with Crippen LogP contribution >= 0.6 is 22.7 Å². The number of aromatic nitrogens is 1. The Labute approximate surface area is 169 Å². The fraction of sp³-hybridized carbons (Fsp3) is 0.158. The van der Waals surface area contributed by atoms with E-state index in [4.69, 9.17) is 0 Å². The molecule has 3 N–H and O–H groups in total. The van der Waals surface area contributed by atoms with E-state index in [2.05, 4.69) is 20.9 Å². The predicted molar refractivity (Wildman–Crippen MR) is 111 cm³/mol. The summed E-state index contributed by atoms with van der Waals surface area (Å²) < 4.78 is 0. The summed E-state index contributed by atoms with van der Waals surface area (Å²) in [5.74, 6) is -1.11. The molecule has 2 heterocycles. The van der Waals surface area contributed by atoms with E-state index in [1.807, 2.05) is 30.5 Å². The highest BCUT2D eigenvalue weighted by Crippen LogP contribution is 2.24. The minimum Gasteiger partial charge on any atom is -0.345 e. The van der Waals surface area contributed by atoms with Crippen LogP contribution in [0.3, 0.4) is 0 Å². The van der Waals surface area contributed by atoms with Gasteiger partial charge in [0.1, 0.15) is 0 Å². The molecule has 144 valence electrons. The Hall–Kier alpha value is -3.04. The molecular weight excluding hydrogens is 396 g/mol. The lowest BCUT2D eigenvalue weighted by molar-refractivity contribution is -0.123. The summed E-state index contributed by atoms with van der Waals surface area (Å²) in [6.45, 7) is 1.56. The molecule has 0 bridgehead atoms. The molecule has 0 aliphatic heterocycles. The maximum Gasteiger partial charge on any atom is 0.261 e. The number of carbonyl (C=O) groups is 3. The highest BCUT2D eigenvalue weighted by atomic mass is 32.1. The minimum absolute atomic E-state index is 0.187. The van der Waals surface area contributed by atoms with E-state index in [0.29, 0.717) is 10.6 Å². The zero-order chi connectivity index (χ0) is 19.9. The van der Waals surface area contributed by atoms with Crippen molar-refractivity contribution in [1.29, 1.82) is 0 Å². The van der Waals surface area contributed by atoms with Crippen molar-refractivity contribution in [2.45, 2.75) is 6.92 Å². The number of nitrogens with one attached hydrogen (secondary N) is 3. The molecule has 3 aromatic rings. The third kappa shape index (κ3) is 5.48. The van der Waals surface area contributed by atoms with Crippen LogP contribution in [-0.2, 0) is 9.59 Å². The molecule has 28 heavy (non-hydrogen) atoms. The van der Waals surface area contributed by atoms with E-state index in [1.54, 1.807) is 34.9 Å². The Kier molecular flexibility index (Phi) is 6.51. The van der Waals surface area contributed by atoms with Crippen LogP contribution in [-0.4, -0.2) is 35.8 Å². The molecule has 9 heteroatoms. The lowest BCUT2D eigenvalue weighted by atomic mass is 10.1. The van der Waals surface area contributed by atoms with Crippen molar-refractivity contribution in [2.24, 2.45) is 0 Å². The molecule has 0 aliphatic rings. The first-order chi connectivity index (χ1) is 13.5. The van der Waals surface area contributed by atoms with Crippen LogP contribution in [0.4, 0.5) is 5.69 Å². The molecule has 0 fully saturated rings. The van der Waals surface area contributed by atoms with Gasteiger partial charge in [0.2, 0.25) is 11.8 Å². The van der Waals surface area contributed by atoms with Crippen molar-refractivity contribution < 1.29 is 14.4 Å². The van der Waals surface area contributed by atoms with Crippen molar-refractivity contribution in [3.05, 3.63) is 57.0 Å². The van der Waals surface area contributed by atoms with E-state index in [-0.39, 0.29) is 24.9 Å². The van der Waals surface area contributed by atoms with Gasteiger partial charge in [0.05, 0.1) is 28.7 Å². The Morgan fingerprint density at radius 3 is 2.54 bits per heavy atom. The fourth-order valence-electron chi connectivity index (χ4n) is 2.35. The molecule has 3 amide bonds. The van der Waals surface area contributed by atoms with Gasteiger partial charge in [-0.15, -0.1) is 22.7 Å². The lowest BCUT2D eigenvalue weighted by Crippen LogP contribution is -2.40. The summed E-state index contributed by atoms with van der Waals surface area (Å²) in [6, 6.07) is 10.8. The second-order valence-corrected chi connectivity index (χ2v) is 7.83. The fourth-order valence-corrected chi connectivity index (χ4v) is 3.62. The molecule has 0 unspecified atom stereocenters. The number of carbonyl (C=O) groups excluding carboxylic acids is 3. The first-order valence-corrected chi connectivity index (χ1v) is 10.2. The van der Waals surface area contributed by atoms with Gasteiger partial charge < -0.3 is 16.0 Å². The zero-order valence-electron chi connectivity index (χ0n) is 15.0. The molecule has 0 aliphatic carbocycles. The molecule has 0 saturated carbocycles. The van der Waals surface area contributed by atoms with Gasteiger partial charge in [-0.1, -0.05) is 18.2 Å². The summed E-state index contributed by atoms with van der Waals surface area (Å²) in [5, 5.41) is 12.4. The van der Waals surface area contributed by atoms with Crippen LogP contribution in [0.5, 0.6) is 0 Å². The van der Waals surface area contributed by atoms with Gasteiger partial charge in [0.25, 0.3) is 5.91 Å². The number of hydrogen-bond donors (Lipinski definition) is 3. The van der Waals surface area contributed by atoms with Crippen LogP contribution in [0.15, 0.2) is 47.2 Å². The van der Waals surface area contributed by atoms with Gasteiger partial charge in [-0.2, -0.15) is 0 Å². The van der Waals surface area contributed by atoms with Crippen molar-refractivity contribution in [1.82, 2.24) is 15.6 Å². The third-order valence-corrected chi connectivity index (χ3v) is 5.30. The maximum atomic E-state index is 12.1. The van der Waals surface area contributed by atoms with Gasteiger partial charge >= 0.3 is 0 Å². The lowest BCUT2D eigenvalue weighted by Gasteiger charge is -2.08. The van der Waals surface area contributed by atoms with Crippen LogP contribution in [0.25, 0.3) is 11.3 Å². The molecule has 0 radical (unpaired) electrons. The molecule has 7 nitrogen and oxygen atoms in total. The number of amides is 3. The number of aryl methyl sites for hydroxylation is 1. The monoisotopic (exact) mass is 414 g/mol. The molecular formula is C19H18N4O3S2. The highest BCUT2D eigenvalue weighted by molar-refractivity contribution is 7.12. The second-order valence-electron chi connectivity index (χ2n) is 5.82. The highest BCUT2D eigenvalue weighted by Gasteiger charge is 2.10. The molecule has 0 spiro atoms. The summed E-state index contributed by atoms with van der Waals surface area (Å²) in [5.41, 5.74) is 2.38. The Morgan fingerprint density at radius 2 is 1.82 bits per heavy atom. The summed E-state index contributed by atoms with van der Waals surface area (Å²) in [6.07, 6.45) is 0. The van der Waals surface area contributed by atoms with Crippen LogP contribution in [0, 0.1) is 6.92 Å². The number of anilines is 1. The smallest absolute Gasteiger partial charge is 0.261 e. The Balaban J connectivity index is 1.45. The van der Waals surface area contributed by atoms with Crippen LogP contribution in [0.2, 0.25) is 0 Å². The van der Waals surface area contributed by atoms with Gasteiger partial charge in [0, 0.05) is 16.6 Å². The maximum absolute atomic E-state index is 12.1. The molecule has 3 rings (SSSR count). The standard InChI is InChI=1S/C19H18N4O3S2/c1-12-22-15(11-28-12)13-4-2-5-14(8-13)23-18(25)10-20-17(24)9-21-19(26)16-6-3-7-27-16/h2-8,11H,9-10H2,1H3,(H,20,24)(H,21,26)(H,23,25). The van der Waals surface area contributed by atoms with Gasteiger partial charge in [0.15, 0.2) is 0 Å². The number of thiazole rings is 1. The number of benzene rings is 1. The van der Waals surface area contributed by atoms with E-state index in [1.165, 1.54) is 11.3 Å². The largest absolute Gasteiger partial charge is 0.345 e. The van der Waals surface area contributed by atoms with Gasteiger partial charge in [-0.25, -0.2) is 4.98 Å². The number of rotatable bonds is 7. The number of hydrogen-bond acceptors (Lipinski definition) is 6.